The van der Waals surface area contributed by atoms with Gasteiger partial charge in [-0.2, -0.15) is 0 Å². The maximum atomic E-state index is 11.9. The Morgan fingerprint density at radius 2 is 2.08 bits per heavy atom. The molecular formula is C17H15N4O3S-. The van der Waals surface area contributed by atoms with Gasteiger partial charge in [0.25, 0.3) is 5.56 Å². The first kappa shape index (κ1) is 16.7. The lowest BCUT2D eigenvalue weighted by atomic mass is 10.1. The summed E-state index contributed by atoms with van der Waals surface area (Å²) in [7, 11) is 0. The Hall–Kier alpha value is -3.13. The summed E-state index contributed by atoms with van der Waals surface area (Å²) in [5.74, 6) is -0.995. The molecule has 3 aromatic heterocycles. The van der Waals surface area contributed by atoms with Crippen LogP contribution in [0.25, 0.3) is 33.1 Å². The van der Waals surface area contributed by atoms with E-state index in [0.717, 1.165) is 27.5 Å². The number of carboxylic acids is 1. The van der Waals surface area contributed by atoms with Crippen molar-refractivity contribution < 1.29 is 9.90 Å². The van der Waals surface area contributed by atoms with Crippen LogP contribution >= 0.6 is 11.3 Å². The van der Waals surface area contributed by atoms with Crippen LogP contribution in [0.3, 0.4) is 0 Å². The van der Waals surface area contributed by atoms with Crippen molar-refractivity contribution in [2.24, 2.45) is 0 Å². The van der Waals surface area contributed by atoms with Gasteiger partial charge in [0, 0.05) is 39.4 Å². The second kappa shape index (κ2) is 6.78. The Labute approximate surface area is 146 Å². The van der Waals surface area contributed by atoms with Gasteiger partial charge in [0.05, 0.1) is 5.69 Å². The van der Waals surface area contributed by atoms with E-state index in [1.165, 1.54) is 18.3 Å². The molecule has 4 N–H and O–H groups in total. The van der Waals surface area contributed by atoms with Crippen molar-refractivity contribution in [2.45, 2.75) is 13.3 Å². The van der Waals surface area contributed by atoms with Crippen molar-refractivity contribution in [3.63, 3.8) is 0 Å². The van der Waals surface area contributed by atoms with E-state index in [1.807, 2.05) is 29.6 Å². The van der Waals surface area contributed by atoms with Crippen LogP contribution in [-0.4, -0.2) is 20.9 Å². The van der Waals surface area contributed by atoms with Gasteiger partial charge in [0.1, 0.15) is 5.52 Å². The molecule has 3 heterocycles. The number of nitrogens with two attached hydrogens (primary N) is 1. The van der Waals surface area contributed by atoms with Crippen molar-refractivity contribution in [2.75, 3.05) is 5.73 Å². The highest BCUT2D eigenvalue weighted by atomic mass is 32.1. The number of anilines is 1. The number of aromatic nitrogens is 3. The summed E-state index contributed by atoms with van der Waals surface area (Å²) in [6, 6.07) is 7.77. The number of H-pyrrole nitrogens is 2. The first-order chi connectivity index (χ1) is 12.0. The van der Waals surface area contributed by atoms with Crippen molar-refractivity contribution in [3.8, 4) is 11.3 Å². The molecule has 0 atom stereocenters. The fraction of sp³-hybridized carbons (Fsp3) is 0.118. The lowest BCUT2D eigenvalue weighted by Gasteiger charge is -2.03. The third-order valence-corrected chi connectivity index (χ3v) is 4.31. The Kier molecular flexibility index (Phi) is 4.53. The van der Waals surface area contributed by atoms with Gasteiger partial charge in [0.2, 0.25) is 0 Å². The van der Waals surface area contributed by atoms with E-state index in [4.69, 9.17) is 5.73 Å². The quantitative estimate of drug-likeness (QED) is 0.506. The normalized spacial score (nSPS) is 10.6. The van der Waals surface area contributed by atoms with E-state index in [-0.39, 0.29) is 12.0 Å². The summed E-state index contributed by atoms with van der Waals surface area (Å²) < 4.78 is 0. The summed E-state index contributed by atoms with van der Waals surface area (Å²) >= 11 is 1.42. The molecule has 0 aliphatic heterocycles. The van der Waals surface area contributed by atoms with Crippen LogP contribution in [0.1, 0.15) is 13.3 Å². The lowest BCUT2D eigenvalue weighted by Crippen LogP contribution is -2.19. The number of carbonyl (C=O) groups excluding carboxylic acids is 1. The van der Waals surface area contributed by atoms with Crippen molar-refractivity contribution >= 4 is 44.2 Å². The number of thiazole rings is 1. The van der Waals surface area contributed by atoms with Crippen LogP contribution < -0.4 is 16.4 Å². The maximum Gasteiger partial charge on any atom is 0.272 e. The molecule has 0 unspecified atom stereocenters. The molecule has 128 valence electrons. The Balaban J connectivity index is 0.000000324. The topological polar surface area (TPSA) is 128 Å². The van der Waals surface area contributed by atoms with Crippen molar-refractivity contribution in [3.05, 3.63) is 46.2 Å². The zero-order valence-corrected chi connectivity index (χ0v) is 14.1. The molecule has 0 spiro atoms. The molecule has 0 amide bonds. The Morgan fingerprint density at radius 1 is 1.32 bits per heavy atom. The minimum Gasteiger partial charge on any atom is -0.550 e. The molecule has 1 aromatic carbocycles. The predicted molar refractivity (Wildman–Crippen MR) is 97.2 cm³/mol. The number of nitrogens with one attached hydrogen (secondary N) is 2. The maximum absolute atomic E-state index is 11.9. The van der Waals surface area contributed by atoms with E-state index >= 15 is 0 Å². The number of hydrogen-bond donors (Lipinski definition) is 3. The molecule has 25 heavy (non-hydrogen) atoms. The number of fused-ring (bicyclic) bond motifs is 3. The zero-order chi connectivity index (χ0) is 18.0. The number of aliphatic carboxylic acids is 1. The first-order valence-electron chi connectivity index (χ1n) is 7.54. The van der Waals surface area contributed by atoms with E-state index < -0.39 is 5.97 Å². The molecular weight excluding hydrogens is 340 g/mol. The average Bonchev–Trinajstić information content (AvgIpc) is 3.25. The number of benzene rings is 1. The zero-order valence-electron chi connectivity index (χ0n) is 13.3. The fourth-order valence-corrected chi connectivity index (χ4v) is 2.99. The number of carboxylic acid groups (broad SMARTS) is 1. The summed E-state index contributed by atoms with van der Waals surface area (Å²) in [5, 5.41) is 13.6. The van der Waals surface area contributed by atoms with Crippen LogP contribution in [0.4, 0.5) is 5.13 Å². The molecule has 0 aliphatic carbocycles. The van der Waals surface area contributed by atoms with Gasteiger partial charge in [-0.25, -0.2) is 4.98 Å². The number of pyridine rings is 1. The second-order valence-corrected chi connectivity index (χ2v) is 6.17. The summed E-state index contributed by atoms with van der Waals surface area (Å²) in [6.45, 7) is 1.54. The monoisotopic (exact) mass is 355 g/mol. The molecule has 0 radical (unpaired) electrons. The van der Waals surface area contributed by atoms with Crippen LogP contribution in [-0.2, 0) is 4.79 Å². The predicted octanol–water partition coefficient (Wildman–Crippen LogP) is 1.86. The van der Waals surface area contributed by atoms with Crippen LogP contribution in [0, 0.1) is 0 Å². The minimum atomic E-state index is -0.995. The molecule has 4 rings (SSSR count). The van der Waals surface area contributed by atoms with E-state index in [1.54, 1.807) is 6.20 Å². The van der Waals surface area contributed by atoms with Gasteiger partial charge in [-0.15, -0.1) is 11.3 Å². The molecule has 4 aromatic rings. The number of rotatable bonds is 2. The molecule has 8 heteroatoms. The molecule has 0 saturated carbocycles. The number of carbonyl (C=O) groups is 1. The van der Waals surface area contributed by atoms with E-state index in [0.29, 0.717) is 10.6 Å². The molecule has 0 fully saturated rings. The van der Waals surface area contributed by atoms with Crippen LogP contribution in [0.15, 0.2) is 40.6 Å². The smallest absolute Gasteiger partial charge is 0.272 e. The molecule has 7 nitrogen and oxygen atoms in total. The fourth-order valence-electron chi connectivity index (χ4n) is 2.42. The van der Waals surface area contributed by atoms with Gasteiger partial charge in [-0.3, -0.25) is 4.79 Å². The lowest BCUT2D eigenvalue weighted by molar-refractivity contribution is -0.305. The number of nitrogen functional groups attached to an aromatic ring is 1. The van der Waals surface area contributed by atoms with Crippen molar-refractivity contribution in [1.29, 1.82) is 0 Å². The van der Waals surface area contributed by atoms with Gasteiger partial charge >= 0.3 is 0 Å². The van der Waals surface area contributed by atoms with Crippen molar-refractivity contribution in [1.82, 2.24) is 15.0 Å². The highest BCUT2D eigenvalue weighted by Crippen LogP contribution is 2.28. The Bertz CT molecular complexity index is 1110. The average molecular weight is 355 g/mol. The molecule has 0 saturated heterocycles. The third kappa shape index (κ3) is 3.38. The highest BCUT2D eigenvalue weighted by Gasteiger charge is 2.09. The van der Waals surface area contributed by atoms with Gasteiger partial charge < -0.3 is 25.6 Å². The van der Waals surface area contributed by atoms with Gasteiger partial charge in [-0.1, -0.05) is 13.0 Å². The standard InChI is InChI=1S/C14H10N4OS.C3H6O2/c15-14-18-11(6-20-14)7-1-2-10-9(5-7)8-3-4-16-12(8)13(19)17-10;1-2-3(4)5/h1-6,16H,(H2,15,18)(H,17,19);2H2,1H3,(H,4,5)/p-1. The number of nitrogens with zero attached hydrogens (tertiary/aromatic N) is 1. The third-order valence-electron chi connectivity index (χ3n) is 3.64. The number of hydrogen-bond acceptors (Lipinski definition) is 6. The Morgan fingerprint density at radius 3 is 2.72 bits per heavy atom. The molecule has 0 bridgehead atoms. The van der Waals surface area contributed by atoms with Gasteiger partial charge in [-0.05, 0) is 24.6 Å². The SMILES string of the molecule is CCC(=O)[O-].Nc1nc(-c2ccc3[nH]c(=O)c4[nH]ccc4c3c2)cs1. The highest BCUT2D eigenvalue weighted by molar-refractivity contribution is 7.13. The van der Waals surface area contributed by atoms with E-state index in [9.17, 15) is 14.7 Å². The van der Waals surface area contributed by atoms with E-state index in [2.05, 4.69) is 15.0 Å². The summed E-state index contributed by atoms with van der Waals surface area (Å²) in [4.78, 5) is 31.3. The largest absolute Gasteiger partial charge is 0.550 e. The second-order valence-electron chi connectivity index (χ2n) is 5.28. The minimum absolute atomic E-state index is 0.108. The van der Waals surface area contributed by atoms with Crippen LogP contribution in [0.5, 0.6) is 0 Å². The van der Waals surface area contributed by atoms with Gasteiger partial charge in [0.15, 0.2) is 5.13 Å². The first-order valence-corrected chi connectivity index (χ1v) is 8.42. The summed E-state index contributed by atoms with van der Waals surface area (Å²) in [5.41, 5.74) is 8.81. The summed E-state index contributed by atoms with van der Waals surface area (Å²) in [6.07, 6.45) is 1.88. The van der Waals surface area contributed by atoms with Crippen LogP contribution in [0.2, 0.25) is 0 Å². The molecule has 0 aliphatic rings. The number of aromatic amines is 2.